The van der Waals surface area contributed by atoms with Gasteiger partial charge in [-0.15, -0.1) is 0 Å². The number of halogens is 6. The summed E-state index contributed by atoms with van der Waals surface area (Å²) in [5.41, 5.74) is -1.17. The Hall–Kier alpha value is -2.32. The lowest BCUT2D eigenvalue weighted by molar-refractivity contribution is -0.137. The molecule has 3 rings (SSSR count). The summed E-state index contributed by atoms with van der Waals surface area (Å²) in [6.07, 6.45) is -4.71. The zero-order valence-corrected chi connectivity index (χ0v) is 15.6. The minimum Gasteiger partial charge on any atom is -0.327 e. The minimum absolute atomic E-state index is 0.0362. The van der Waals surface area contributed by atoms with E-state index in [2.05, 4.69) is 0 Å². The van der Waals surface area contributed by atoms with Gasteiger partial charge in [-0.2, -0.15) is 13.2 Å². The minimum atomic E-state index is -4.71. The van der Waals surface area contributed by atoms with E-state index in [0.717, 1.165) is 29.2 Å². The van der Waals surface area contributed by atoms with Gasteiger partial charge in [0.1, 0.15) is 12.4 Å². The number of anilines is 1. The Kier molecular flexibility index (Phi) is 5.54. The Bertz CT molecular complexity index is 950. The van der Waals surface area contributed by atoms with Gasteiger partial charge in [0, 0.05) is 13.1 Å². The van der Waals surface area contributed by atoms with Gasteiger partial charge in [-0.05, 0) is 30.3 Å². The van der Waals surface area contributed by atoms with Gasteiger partial charge in [0.05, 0.1) is 26.9 Å². The smallest absolute Gasteiger partial charge is 0.327 e. The van der Waals surface area contributed by atoms with Gasteiger partial charge in [0.25, 0.3) is 5.91 Å². The number of rotatable bonds is 2. The number of carbonyl (C=O) groups is 2. The van der Waals surface area contributed by atoms with Crippen molar-refractivity contribution in [3.8, 4) is 0 Å². The third-order valence-corrected chi connectivity index (χ3v) is 4.95. The molecule has 1 heterocycles. The third-order valence-electron chi connectivity index (χ3n) is 4.24. The van der Waals surface area contributed by atoms with Crippen LogP contribution < -0.4 is 4.90 Å². The van der Waals surface area contributed by atoms with Crippen molar-refractivity contribution < 1.29 is 27.2 Å². The number of piperazine rings is 1. The van der Waals surface area contributed by atoms with Crippen molar-refractivity contribution >= 4 is 40.7 Å². The van der Waals surface area contributed by atoms with Crippen molar-refractivity contribution in [3.05, 3.63) is 63.4 Å². The average Bonchev–Trinajstić information content (AvgIpc) is 2.61. The fourth-order valence-corrected chi connectivity index (χ4v) is 3.47. The second kappa shape index (κ2) is 7.60. The van der Waals surface area contributed by atoms with Gasteiger partial charge >= 0.3 is 6.18 Å². The maximum atomic E-state index is 13.2. The molecule has 0 N–H and O–H groups in total. The van der Waals surface area contributed by atoms with Crippen LogP contribution in [0.4, 0.5) is 23.2 Å². The van der Waals surface area contributed by atoms with E-state index in [4.69, 9.17) is 23.2 Å². The highest BCUT2D eigenvalue weighted by Gasteiger charge is 2.36. The van der Waals surface area contributed by atoms with Crippen LogP contribution in [-0.2, 0) is 11.0 Å². The van der Waals surface area contributed by atoms with E-state index in [0.29, 0.717) is 0 Å². The van der Waals surface area contributed by atoms with Crippen LogP contribution in [0.1, 0.15) is 15.9 Å². The largest absolute Gasteiger partial charge is 0.417 e. The number of benzene rings is 2. The Morgan fingerprint density at radius 3 is 2.39 bits per heavy atom. The maximum Gasteiger partial charge on any atom is 0.417 e. The Labute approximate surface area is 167 Å². The van der Waals surface area contributed by atoms with Crippen molar-refractivity contribution in [1.29, 1.82) is 0 Å². The van der Waals surface area contributed by atoms with Crippen molar-refractivity contribution in [1.82, 2.24) is 4.90 Å². The summed E-state index contributed by atoms with van der Waals surface area (Å²) in [4.78, 5) is 27.5. The van der Waals surface area contributed by atoms with Gasteiger partial charge in [0.2, 0.25) is 5.91 Å². The highest BCUT2D eigenvalue weighted by atomic mass is 35.5. The van der Waals surface area contributed by atoms with Crippen LogP contribution >= 0.6 is 23.2 Å². The molecule has 2 aromatic carbocycles. The summed E-state index contributed by atoms with van der Waals surface area (Å²) in [6, 6.07) is 6.58. The van der Waals surface area contributed by atoms with E-state index < -0.39 is 34.4 Å². The van der Waals surface area contributed by atoms with Gasteiger partial charge < -0.3 is 9.80 Å². The standard InChI is InChI=1S/C18H12Cl2F4N2O2/c19-13-8-10(21)4-5-14(13)26-7-6-25(9-15(26)27)17(28)11-2-1-3-12(16(11)20)18(22,23)24/h1-5,8H,6-7,9H2. The zero-order valence-electron chi connectivity index (χ0n) is 14.1. The third kappa shape index (κ3) is 3.93. The second-order valence-electron chi connectivity index (χ2n) is 6.03. The molecule has 0 unspecified atom stereocenters. The summed E-state index contributed by atoms with van der Waals surface area (Å²) >= 11 is 11.8. The molecule has 0 aliphatic carbocycles. The predicted octanol–water partition coefficient (Wildman–Crippen LogP) is 4.64. The van der Waals surface area contributed by atoms with Gasteiger partial charge in [-0.3, -0.25) is 9.59 Å². The first-order valence-electron chi connectivity index (χ1n) is 8.00. The van der Waals surface area contributed by atoms with E-state index in [-0.39, 0.29) is 35.9 Å². The quantitative estimate of drug-likeness (QED) is 0.646. The molecule has 1 aliphatic heterocycles. The first-order valence-corrected chi connectivity index (χ1v) is 8.75. The lowest BCUT2D eigenvalue weighted by atomic mass is 10.1. The number of hydrogen-bond acceptors (Lipinski definition) is 2. The molecule has 0 atom stereocenters. The van der Waals surface area contributed by atoms with Crippen molar-refractivity contribution in [2.75, 3.05) is 24.5 Å². The predicted molar refractivity (Wildman–Crippen MR) is 96.1 cm³/mol. The molecule has 0 saturated carbocycles. The molecular weight excluding hydrogens is 423 g/mol. The first kappa shape index (κ1) is 20.4. The lowest BCUT2D eigenvalue weighted by Gasteiger charge is -2.35. The molecular formula is C18H12Cl2F4N2O2. The summed E-state index contributed by atoms with van der Waals surface area (Å²) < 4.78 is 52.2. The molecule has 0 spiro atoms. The highest BCUT2D eigenvalue weighted by molar-refractivity contribution is 6.35. The number of amides is 2. The lowest BCUT2D eigenvalue weighted by Crippen LogP contribution is -2.52. The van der Waals surface area contributed by atoms with Crippen molar-refractivity contribution in [2.45, 2.75) is 6.18 Å². The molecule has 1 fully saturated rings. The maximum absolute atomic E-state index is 13.2. The summed E-state index contributed by atoms with van der Waals surface area (Å²) in [6.45, 7) is -0.281. The van der Waals surface area contributed by atoms with E-state index >= 15 is 0 Å². The SMILES string of the molecule is O=C(c1cccc(C(F)(F)F)c1Cl)N1CCN(c2ccc(F)cc2Cl)C(=O)C1. The summed E-state index contributed by atoms with van der Waals surface area (Å²) in [5.74, 6) is -1.85. The van der Waals surface area contributed by atoms with E-state index in [1.807, 2.05) is 0 Å². The van der Waals surface area contributed by atoms with Crippen LogP contribution in [0, 0.1) is 5.82 Å². The molecule has 0 aromatic heterocycles. The number of alkyl halides is 3. The molecule has 0 bridgehead atoms. The Balaban J connectivity index is 1.81. The van der Waals surface area contributed by atoms with Crippen LogP contribution in [0.25, 0.3) is 0 Å². The monoisotopic (exact) mass is 434 g/mol. The summed E-state index contributed by atoms with van der Waals surface area (Å²) in [7, 11) is 0. The van der Waals surface area contributed by atoms with Crippen LogP contribution in [-0.4, -0.2) is 36.3 Å². The highest BCUT2D eigenvalue weighted by Crippen LogP contribution is 2.36. The van der Waals surface area contributed by atoms with Crippen molar-refractivity contribution in [3.63, 3.8) is 0 Å². The molecule has 2 amide bonds. The van der Waals surface area contributed by atoms with Crippen LogP contribution in [0.15, 0.2) is 36.4 Å². The van der Waals surface area contributed by atoms with Crippen molar-refractivity contribution in [2.24, 2.45) is 0 Å². The second-order valence-corrected chi connectivity index (χ2v) is 6.82. The van der Waals surface area contributed by atoms with Gasteiger partial charge in [0.15, 0.2) is 0 Å². The molecule has 4 nitrogen and oxygen atoms in total. The zero-order chi connectivity index (χ0) is 20.6. The number of hydrogen-bond donors (Lipinski definition) is 0. The normalized spacial score (nSPS) is 15.1. The summed E-state index contributed by atoms with van der Waals surface area (Å²) in [5, 5.41) is -0.675. The van der Waals surface area contributed by atoms with Crippen LogP contribution in [0.5, 0.6) is 0 Å². The number of carbonyl (C=O) groups excluding carboxylic acids is 2. The first-order chi connectivity index (χ1) is 13.1. The number of nitrogens with zero attached hydrogens (tertiary/aromatic N) is 2. The average molecular weight is 435 g/mol. The molecule has 28 heavy (non-hydrogen) atoms. The fourth-order valence-electron chi connectivity index (χ4n) is 2.89. The molecule has 2 aromatic rings. The Morgan fingerprint density at radius 2 is 1.79 bits per heavy atom. The topological polar surface area (TPSA) is 40.6 Å². The van der Waals surface area contributed by atoms with E-state index in [9.17, 15) is 27.2 Å². The van der Waals surface area contributed by atoms with E-state index in [1.165, 1.54) is 17.0 Å². The van der Waals surface area contributed by atoms with Gasteiger partial charge in [-0.1, -0.05) is 29.3 Å². The van der Waals surface area contributed by atoms with Gasteiger partial charge in [-0.25, -0.2) is 4.39 Å². The molecule has 148 valence electrons. The molecule has 1 saturated heterocycles. The molecule has 0 radical (unpaired) electrons. The molecule has 1 aliphatic rings. The Morgan fingerprint density at radius 1 is 1.07 bits per heavy atom. The van der Waals surface area contributed by atoms with E-state index in [1.54, 1.807) is 0 Å². The molecule has 10 heteroatoms. The van der Waals surface area contributed by atoms with Crippen LogP contribution in [0.3, 0.4) is 0 Å². The fraction of sp³-hybridized carbons (Fsp3) is 0.222. The van der Waals surface area contributed by atoms with Crippen LogP contribution in [0.2, 0.25) is 10.0 Å².